The molecule has 4 heterocycles. The van der Waals surface area contributed by atoms with Crippen LogP contribution in [0.4, 0.5) is 0 Å². The van der Waals surface area contributed by atoms with Crippen LogP contribution in [0.1, 0.15) is 46.6 Å². The van der Waals surface area contributed by atoms with Crippen LogP contribution in [0.5, 0.6) is 5.75 Å². The largest absolute Gasteiger partial charge is 0.507 e. The second-order valence-electron chi connectivity index (χ2n) is 9.75. The molecule has 1 aliphatic heterocycles. The summed E-state index contributed by atoms with van der Waals surface area (Å²) in [6.07, 6.45) is 3.61. The summed E-state index contributed by atoms with van der Waals surface area (Å²) in [5, 5.41) is 38.9. The zero-order valence-electron chi connectivity index (χ0n) is 18.8. The highest BCUT2D eigenvalue weighted by atomic mass is 79.9. The van der Waals surface area contributed by atoms with Gasteiger partial charge in [-0.3, -0.25) is 5.10 Å². The molecule has 33 heavy (non-hydrogen) atoms. The first-order valence-electron chi connectivity index (χ1n) is 10.5. The van der Waals surface area contributed by atoms with E-state index in [9.17, 15) is 5.11 Å². The third kappa shape index (κ3) is 4.47. The van der Waals surface area contributed by atoms with E-state index in [0.29, 0.717) is 27.0 Å². The van der Waals surface area contributed by atoms with Crippen molar-refractivity contribution in [2.45, 2.75) is 57.7 Å². The fourth-order valence-electron chi connectivity index (χ4n) is 4.96. The molecule has 4 aromatic rings. The quantitative estimate of drug-likeness (QED) is 0.351. The number of aromatic amines is 1. The molecule has 9 nitrogen and oxygen atoms in total. The van der Waals surface area contributed by atoms with Gasteiger partial charge in [-0.05, 0) is 80.2 Å². The molecule has 0 spiro atoms. The maximum absolute atomic E-state index is 10.7. The molecule has 3 N–H and O–H groups in total. The van der Waals surface area contributed by atoms with E-state index in [4.69, 9.17) is 0 Å². The molecule has 0 unspecified atom stereocenters. The summed E-state index contributed by atoms with van der Waals surface area (Å²) in [4.78, 5) is 0. The number of hydrogen-bond acceptors (Lipinski definition) is 7. The van der Waals surface area contributed by atoms with E-state index in [1.807, 2.05) is 22.9 Å². The fraction of sp³-hybridized carbons (Fsp3) is 0.409. The lowest BCUT2D eigenvalue weighted by molar-refractivity contribution is 0.127. The highest BCUT2D eigenvalue weighted by Crippen LogP contribution is 2.38. The van der Waals surface area contributed by atoms with Crippen molar-refractivity contribution < 1.29 is 5.11 Å². The highest BCUT2D eigenvalue weighted by Gasteiger charge is 2.39. The molecular formula is C22H26BrClN8O. The molecule has 1 fully saturated rings. The van der Waals surface area contributed by atoms with Crippen molar-refractivity contribution in [3.63, 3.8) is 0 Å². The first-order chi connectivity index (χ1) is 15.1. The summed E-state index contributed by atoms with van der Waals surface area (Å²) < 4.78 is 2.59. The van der Waals surface area contributed by atoms with Gasteiger partial charge in [-0.15, -0.1) is 27.7 Å². The van der Waals surface area contributed by atoms with E-state index in [0.717, 1.165) is 24.0 Å². The number of piperidine rings is 1. The maximum Gasteiger partial charge on any atom is 0.201 e. The van der Waals surface area contributed by atoms with Gasteiger partial charge in [0.1, 0.15) is 15.9 Å². The Morgan fingerprint density at radius 1 is 1.03 bits per heavy atom. The summed E-state index contributed by atoms with van der Waals surface area (Å²) in [7, 11) is 0. The molecule has 1 saturated heterocycles. The van der Waals surface area contributed by atoms with E-state index >= 15 is 0 Å². The van der Waals surface area contributed by atoms with Crippen molar-refractivity contribution in [3.05, 3.63) is 35.1 Å². The van der Waals surface area contributed by atoms with Crippen molar-refractivity contribution in [3.8, 4) is 28.1 Å². The Morgan fingerprint density at radius 3 is 2.39 bits per heavy atom. The zero-order valence-corrected chi connectivity index (χ0v) is 21.2. The van der Waals surface area contributed by atoms with E-state index in [2.05, 4.69) is 79.6 Å². The number of benzene rings is 1. The minimum atomic E-state index is -0.0183. The first-order valence-corrected chi connectivity index (χ1v) is 11.3. The molecule has 1 aromatic carbocycles. The smallest absolute Gasteiger partial charge is 0.201 e. The van der Waals surface area contributed by atoms with E-state index < -0.39 is 0 Å². The number of aromatic hydroxyl groups is 1. The lowest BCUT2D eigenvalue weighted by atomic mass is 9.80. The molecule has 0 saturated carbocycles. The maximum atomic E-state index is 10.7. The van der Waals surface area contributed by atoms with Crippen molar-refractivity contribution >= 4 is 39.5 Å². The van der Waals surface area contributed by atoms with Gasteiger partial charge in [-0.2, -0.15) is 5.10 Å². The fourth-order valence-corrected chi connectivity index (χ4v) is 5.41. The number of phenols is 1. The standard InChI is InChI=1S/C22H25BrN8O.ClH/c1-21(2)9-13(10-22(3,4)29-21)31-20-17(26-30-31)8-16(25-28-20)14-6-5-12(7-18(14)32)15-11-24-27-19(15)23;/h5-8,11,13,29,32H,9-10H2,1-4H3,(H,24,27);1H. The van der Waals surface area contributed by atoms with Crippen molar-refractivity contribution in [2.24, 2.45) is 0 Å². The predicted octanol–water partition coefficient (Wildman–Crippen LogP) is 4.65. The minimum Gasteiger partial charge on any atom is -0.507 e. The summed E-state index contributed by atoms with van der Waals surface area (Å²) in [6, 6.07) is 7.42. The van der Waals surface area contributed by atoms with Gasteiger partial charge in [-0.25, -0.2) is 4.68 Å². The number of fused-ring (bicyclic) bond motifs is 1. The Balaban J connectivity index is 0.00000259. The monoisotopic (exact) mass is 532 g/mol. The van der Waals surface area contributed by atoms with Gasteiger partial charge in [0, 0.05) is 28.4 Å². The highest BCUT2D eigenvalue weighted by molar-refractivity contribution is 9.10. The Morgan fingerprint density at radius 2 is 1.76 bits per heavy atom. The number of hydrogen-bond donors (Lipinski definition) is 3. The summed E-state index contributed by atoms with van der Waals surface area (Å²) >= 11 is 3.40. The van der Waals surface area contributed by atoms with Gasteiger partial charge in [-0.1, -0.05) is 11.3 Å². The molecule has 3 aromatic heterocycles. The lowest BCUT2D eigenvalue weighted by Crippen LogP contribution is -2.58. The lowest BCUT2D eigenvalue weighted by Gasteiger charge is -2.46. The molecule has 0 bridgehead atoms. The van der Waals surface area contributed by atoms with Crippen LogP contribution >= 0.6 is 28.3 Å². The molecule has 5 rings (SSSR count). The van der Waals surface area contributed by atoms with Gasteiger partial charge >= 0.3 is 0 Å². The van der Waals surface area contributed by atoms with Crippen LogP contribution in [0.25, 0.3) is 33.5 Å². The van der Waals surface area contributed by atoms with Gasteiger partial charge in [0.05, 0.1) is 11.7 Å². The predicted molar refractivity (Wildman–Crippen MR) is 132 cm³/mol. The molecule has 0 aliphatic carbocycles. The summed E-state index contributed by atoms with van der Waals surface area (Å²) in [5.74, 6) is 0.110. The average molecular weight is 534 g/mol. The Hall–Kier alpha value is -2.56. The van der Waals surface area contributed by atoms with E-state index in [1.54, 1.807) is 12.3 Å². The normalized spacial score (nSPS) is 17.7. The molecule has 1 aliphatic rings. The van der Waals surface area contributed by atoms with Crippen LogP contribution in [0.2, 0.25) is 0 Å². The molecule has 174 valence electrons. The minimum absolute atomic E-state index is 0. The number of phenolic OH excluding ortho intramolecular Hbond substituents is 1. The van der Waals surface area contributed by atoms with E-state index in [1.165, 1.54) is 0 Å². The molecule has 0 atom stereocenters. The van der Waals surface area contributed by atoms with Crippen LogP contribution in [-0.2, 0) is 0 Å². The van der Waals surface area contributed by atoms with Gasteiger partial charge in [0.15, 0.2) is 0 Å². The molecule has 0 amide bonds. The second-order valence-corrected chi connectivity index (χ2v) is 10.5. The number of nitrogens with zero attached hydrogens (tertiary/aromatic N) is 6. The number of aromatic nitrogens is 7. The Labute approximate surface area is 205 Å². The number of H-pyrrole nitrogens is 1. The SMILES string of the molecule is CC1(C)CC(n2nnc3cc(-c4ccc(-c5c[nH]nc5Br)cc4O)nnc32)CC(C)(C)N1.Cl. The Bertz CT molecular complexity index is 1300. The topological polar surface area (TPSA) is 117 Å². The number of halogens is 2. The third-order valence-corrected chi connectivity index (χ3v) is 6.52. The molecular weight excluding hydrogens is 508 g/mol. The average Bonchev–Trinajstić information content (AvgIpc) is 3.31. The first kappa shape index (κ1) is 23.6. The van der Waals surface area contributed by atoms with Crippen LogP contribution in [0, 0.1) is 0 Å². The molecule has 11 heteroatoms. The number of rotatable bonds is 3. The third-order valence-electron chi connectivity index (χ3n) is 5.91. The second kappa shape index (κ2) is 8.34. The van der Waals surface area contributed by atoms with Gasteiger partial charge in [0.2, 0.25) is 5.65 Å². The van der Waals surface area contributed by atoms with Crippen LogP contribution in [0.15, 0.2) is 35.1 Å². The summed E-state index contributed by atoms with van der Waals surface area (Å²) in [6.45, 7) is 8.83. The Kier molecular flexibility index (Phi) is 5.96. The van der Waals surface area contributed by atoms with Crippen LogP contribution in [-0.4, -0.2) is 51.6 Å². The van der Waals surface area contributed by atoms with Crippen LogP contribution in [0.3, 0.4) is 0 Å². The van der Waals surface area contributed by atoms with E-state index in [-0.39, 0.29) is 35.3 Å². The number of nitrogens with one attached hydrogen (secondary N) is 2. The van der Waals surface area contributed by atoms with Crippen molar-refractivity contribution in [1.29, 1.82) is 0 Å². The van der Waals surface area contributed by atoms with Gasteiger partial charge < -0.3 is 10.4 Å². The van der Waals surface area contributed by atoms with Crippen molar-refractivity contribution in [2.75, 3.05) is 0 Å². The van der Waals surface area contributed by atoms with Crippen LogP contribution < -0.4 is 5.32 Å². The summed E-state index contributed by atoms with van der Waals surface area (Å²) in [5.41, 5.74) is 4.11. The van der Waals surface area contributed by atoms with Gasteiger partial charge in [0.25, 0.3) is 0 Å². The molecule has 0 radical (unpaired) electrons. The van der Waals surface area contributed by atoms with Crippen molar-refractivity contribution in [1.82, 2.24) is 40.7 Å². The zero-order chi connectivity index (χ0) is 22.7.